The third-order valence-corrected chi connectivity index (χ3v) is 2.19. The number of Topliss-reactive ketones (excluding diaryl/α,β-unsaturated/α-hetero) is 2. The number of rotatable bonds is 5. The molecule has 5 heteroatoms. The Morgan fingerprint density at radius 1 is 1.23 bits per heavy atom. The van der Waals surface area contributed by atoms with Crippen molar-refractivity contribution in [3.05, 3.63) is 0 Å². The molecule has 2 atom stereocenters. The van der Waals surface area contributed by atoms with Crippen LogP contribution in [0.2, 0.25) is 0 Å². The van der Waals surface area contributed by atoms with Crippen molar-refractivity contribution in [2.75, 3.05) is 5.75 Å². The molecule has 4 N–H and O–H groups in total. The Balaban J connectivity index is 4.34. The van der Waals surface area contributed by atoms with Crippen LogP contribution in [0.3, 0.4) is 0 Å². The van der Waals surface area contributed by atoms with Crippen LogP contribution in [-0.2, 0) is 9.59 Å². The Morgan fingerprint density at radius 2 is 1.69 bits per heavy atom. The number of carbonyl (C=O) groups is 2. The fourth-order valence-corrected chi connectivity index (χ4v) is 0.898. The Labute approximate surface area is 83.5 Å². The molecule has 0 aliphatic carbocycles. The number of nitrogens with two attached hydrogens (primary N) is 2. The largest absolute Gasteiger partial charge is 0.321 e. The zero-order valence-electron chi connectivity index (χ0n) is 7.86. The molecule has 0 bridgehead atoms. The van der Waals surface area contributed by atoms with Gasteiger partial charge in [0.15, 0.2) is 0 Å². The van der Waals surface area contributed by atoms with E-state index in [1.165, 1.54) is 0 Å². The minimum Gasteiger partial charge on any atom is -0.321 e. The van der Waals surface area contributed by atoms with Gasteiger partial charge in [0.25, 0.3) is 0 Å². The maximum atomic E-state index is 11.3. The molecule has 76 valence electrons. The summed E-state index contributed by atoms with van der Waals surface area (Å²) in [5.74, 6) is -1.12. The van der Waals surface area contributed by atoms with Crippen LogP contribution in [0.5, 0.6) is 0 Å². The van der Waals surface area contributed by atoms with Crippen LogP contribution in [0.4, 0.5) is 0 Å². The van der Waals surface area contributed by atoms with E-state index in [9.17, 15) is 9.59 Å². The maximum absolute atomic E-state index is 11.3. The van der Waals surface area contributed by atoms with Gasteiger partial charge in [-0.3, -0.25) is 9.59 Å². The molecule has 0 saturated carbocycles. The molecule has 0 spiro atoms. The second-order valence-corrected chi connectivity index (χ2v) is 3.65. The Morgan fingerprint density at radius 3 is 2.00 bits per heavy atom. The summed E-state index contributed by atoms with van der Waals surface area (Å²) in [6, 6.07) is -1.58. The lowest BCUT2D eigenvalue weighted by atomic mass is 9.96. The summed E-state index contributed by atoms with van der Waals surface area (Å²) in [5, 5.41) is 0. The van der Waals surface area contributed by atoms with E-state index in [0.29, 0.717) is 0 Å². The van der Waals surface area contributed by atoms with Crippen molar-refractivity contribution in [1.29, 1.82) is 0 Å². The SMILES string of the molecule is CC(C)[C@H](N)C(=O)C(=O)[C@@H](N)CS. The number of carbonyl (C=O) groups excluding carboxylic acids is 2. The molecule has 4 nitrogen and oxygen atoms in total. The lowest BCUT2D eigenvalue weighted by molar-refractivity contribution is -0.138. The first-order chi connectivity index (χ1) is 5.91. The average molecular weight is 204 g/mol. The van der Waals surface area contributed by atoms with Crippen molar-refractivity contribution in [1.82, 2.24) is 0 Å². The molecule has 0 fully saturated rings. The highest BCUT2D eigenvalue weighted by molar-refractivity contribution is 7.80. The Kier molecular flexibility index (Phi) is 5.20. The summed E-state index contributed by atoms with van der Waals surface area (Å²) < 4.78 is 0. The van der Waals surface area contributed by atoms with E-state index < -0.39 is 23.7 Å². The van der Waals surface area contributed by atoms with Crippen molar-refractivity contribution in [3.8, 4) is 0 Å². The summed E-state index contributed by atoms with van der Waals surface area (Å²) >= 11 is 3.83. The summed E-state index contributed by atoms with van der Waals surface area (Å²) in [4.78, 5) is 22.5. The van der Waals surface area contributed by atoms with Crippen LogP contribution in [0.25, 0.3) is 0 Å². The van der Waals surface area contributed by atoms with E-state index >= 15 is 0 Å². The number of ketones is 2. The van der Waals surface area contributed by atoms with E-state index in [-0.39, 0.29) is 11.7 Å². The standard InChI is InChI=1S/C8H16N2O2S/c1-4(2)6(10)8(12)7(11)5(9)3-13/h4-6,13H,3,9-10H2,1-2H3/t5-,6-/m0/s1. The lowest BCUT2D eigenvalue weighted by Gasteiger charge is -2.14. The first kappa shape index (κ1) is 12.6. The van der Waals surface area contributed by atoms with Crippen LogP contribution in [0, 0.1) is 5.92 Å². The van der Waals surface area contributed by atoms with E-state index in [1.807, 2.05) is 0 Å². The topological polar surface area (TPSA) is 86.2 Å². The number of thiol groups is 1. The fourth-order valence-electron chi connectivity index (χ4n) is 0.733. The van der Waals surface area contributed by atoms with Crippen molar-refractivity contribution in [3.63, 3.8) is 0 Å². The highest BCUT2D eigenvalue weighted by atomic mass is 32.1. The van der Waals surface area contributed by atoms with Crippen molar-refractivity contribution in [2.45, 2.75) is 25.9 Å². The summed E-state index contributed by atoms with van der Waals surface area (Å²) in [7, 11) is 0. The predicted molar refractivity (Wildman–Crippen MR) is 54.7 cm³/mol. The van der Waals surface area contributed by atoms with Gasteiger partial charge in [-0.1, -0.05) is 13.8 Å². The monoisotopic (exact) mass is 204 g/mol. The molecular formula is C8H16N2O2S. The van der Waals surface area contributed by atoms with E-state index in [0.717, 1.165) is 0 Å². The molecular weight excluding hydrogens is 188 g/mol. The highest BCUT2D eigenvalue weighted by Crippen LogP contribution is 2.01. The van der Waals surface area contributed by atoms with Gasteiger partial charge in [0, 0.05) is 5.75 Å². The van der Waals surface area contributed by atoms with Gasteiger partial charge < -0.3 is 11.5 Å². The molecule has 0 heterocycles. The van der Waals surface area contributed by atoms with Gasteiger partial charge >= 0.3 is 0 Å². The van der Waals surface area contributed by atoms with E-state index in [1.54, 1.807) is 13.8 Å². The minimum atomic E-state index is -0.833. The second kappa shape index (κ2) is 5.36. The molecule has 0 radical (unpaired) electrons. The molecule has 0 amide bonds. The van der Waals surface area contributed by atoms with Gasteiger partial charge in [-0.05, 0) is 5.92 Å². The zero-order valence-corrected chi connectivity index (χ0v) is 8.75. The molecule has 0 saturated heterocycles. The van der Waals surface area contributed by atoms with Gasteiger partial charge in [0.05, 0.1) is 12.1 Å². The molecule has 0 aromatic heterocycles. The predicted octanol–water partition coefficient (Wildman–Crippen LogP) is -0.635. The zero-order chi connectivity index (χ0) is 10.6. The van der Waals surface area contributed by atoms with Crippen LogP contribution >= 0.6 is 12.6 Å². The van der Waals surface area contributed by atoms with Crippen molar-refractivity contribution < 1.29 is 9.59 Å². The highest BCUT2D eigenvalue weighted by Gasteiger charge is 2.27. The third kappa shape index (κ3) is 3.46. The van der Waals surface area contributed by atoms with Crippen molar-refractivity contribution >= 4 is 24.2 Å². The molecule has 0 rings (SSSR count). The Bertz CT molecular complexity index is 206. The van der Waals surface area contributed by atoms with Gasteiger partial charge in [0.1, 0.15) is 0 Å². The van der Waals surface area contributed by atoms with Crippen LogP contribution in [-0.4, -0.2) is 29.4 Å². The summed E-state index contributed by atoms with van der Waals surface area (Å²) in [6.45, 7) is 3.56. The van der Waals surface area contributed by atoms with E-state index in [4.69, 9.17) is 11.5 Å². The lowest BCUT2D eigenvalue weighted by Crippen LogP contribution is -2.47. The van der Waals surface area contributed by atoms with Crippen LogP contribution in [0.1, 0.15) is 13.8 Å². The van der Waals surface area contributed by atoms with Gasteiger partial charge in [0.2, 0.25) is 11.6 Å². The van der Waals surface area contributed by atoms with Gasteiger partial charge in [-0.25, -0.2) is 0 Å². The first-order valence-electron chi connectivity index (χ1n) is 4.11. The van der Waals surface area contributed by atoms with Crippen LogP contribution < -0.4 is 11.5 Å². The van der Waals surface area contributed by atoms with Crippen molar-refractivity contribution in [2.24, 2.45) is 17.4 Å². The molecule has 13 heavy (non-hydrogen) atoms. The van der Waals surface area contributed by atoms with Gasteiger partial charge in [-0.2, -0.15) is 12.6 Å². The first-order valence-corrected chi connectivity index (χ1v) is 4.75. The van der Waals surface area contributed by atoms with Crippen LogP contribution in [0.15, 0.2) is 0 Å². The van der Waals surface area contributed by atoms with Gasteiger partial charge in [-0.15, -0.1) is 0 Å². The Hall–Kier alpha value is -0.390. The molecule has 0 aromatic rings. The fraction of sp³-hybridized carbons (Fsp3) is 0.750. The molecule has 0 unspecified atom stereocenters. The molecule has 0 aliphatic heterocycles. The molecule has 0 aliphatic rings. The second-order valence-electron chi connectivity index (χ2n) is 3.29. The summed E-state index contributed by atoms with van der Waals surface area (Å²) in [5.41, 5.74) is 10.9. The normalized spacial score (nSPS) is 15.5. The smallest absolute Gasteiger partial charge is 0.217 e. The van der Waals surface area contributed by atoms with E-state index in [2.05, 4.69) is 12.6 Å². The summed E-state index contributed by atoms with van der Waals surface area (Å²) in [6.07, 6.45) is 0. The average Bonchev–Trinajstić information content (AvgIpc) is 2.12. The quantitative estimate of drug-likeness (QED) is 0.411. The minimum absolute atomic E-state index is 0.0523. The maximum Gasteiger partial charge on any atom is 0.217 e. The third-order valence-electron chi connectivity index (χ3n) is 1.80. The number of hydrogen-bond donors (Lipinski definition) is 3. The number of hydrogen-bond acceptors (Lipinski definition) is 5. The molecule has 0 aromatic carbocycles.